The van der Waals surface area contributed by atoms with Gasteiger partial charge in [-0.05, 0) is 31.2 Å². The maximum Gasteiger partial charge on any atom is 0.282 e. The van der Waals surface area contributed by atoms with Crippen molar-refractivity contribution in [2.45, 2.75) is 38.3 Å². The van der Waals surface area contributed by atoms with Crippen LogP contribution in [0.15, 0.2) is 17.5 Å². The van der Waals surface area contributed by atoms with Crippen LogP contribution in [-0.4, -0.2) is 42.5 Å². The third-order valence-corrected chi connectivity index (χ3v) is 7.43. The first kappa shape index (κ1) is 16.2. The molecule has 0 bridgehead atoms. The molecule has 2 atom stereocenters. The van der Waals surface area contributed by atoms with Gasteiger partial charge in [-0.3, -0.25) is 0 Å². The predicted octanol–water partition coefficient (Wildman–Crippen LogP) is 3.08. The van der Waals surface area contributed by atoms with Gasteiger partial charge in [-0.1, -0.05) is 12.5 Å². The number of thiophene rings is 1. The summed E-state index contributed by atoms with van der Waals surface area (Å²) < 4.78 is 28.6. The number of nitrogens with zero attached hydrogens (tertiary/aromatic N) is 2. The second-order valence-corrected chi connectivity index (χ2v) is 8.36. The van der Waals surface area contributed by atoms with Crippen LogP contribution in [0.2, 0.25) is 0 Å². The first-order chi connectivity index (χ1) is 9.48. The standard InChI is InChI=1S/C13H21ClN2O2S2/c1-11(13-7-5-9-19-13)15(2)20(17,18)16-8-4-3-6-12(16)10-14/h5,7,9,11-12H,3-4,6,8,10H2,1-2H3. The van der Waals surface area contributed by atoms with Crippen LogP contribution in [0.4, 0.5) is 0 Å². The lowest BCUT2D eigenvalue weighted by Crippen LogP contribution is -2.50. The van der Waals surface area contributed by atoms with Crippen LogP contribution >= 0.6 is 22.9 Å². The lowest BCUT2D eigenvalue weighted by Gasteiger charge is -2.37. The van der Waals surface area contributed by atoms with Gasteiger partial charge < -0.3 is 0 Å². The zero-order valence-electron chi connectivity index (χ0n) is 11.8. The molecule has 1 fully saturated rings. The van der Waals surface area contributed by atoms with Crippen LogP contribution in [0.25, 0.3) is 0 Å². The number of piperidine rings is 1. The highest BCUT2D eigenvalue weighted by atomic mass is 35.5. The smallest absolute Gasteiger partial charge is 0.195 e. The van der Waals surface area contributed by atoms with Crippen molar-refractivity contribution >= 4 is 33.1 Å². The third kappa shape index (κ3) is 3.20. The number of halogens is 1. The summed E-state index contributed by atoms with van der Waals surface area (Å²) in [5.41, 5.74) is 0. The van der Waals surface area contributed by atoms with Crippen LogP contribution in [0.1, 0.15) is 37.1 Å². The summed E-state index contributed by atoms with van der Waals surface area (Å²) in [6.45, 7) is 2.49. The van der Waals surface area contributed by atoms with Crippen molar-refractivity contribution in [1.29, 1.82) is 0 Å². The van der Waals surface area contributed by atoms with E-state index in [4.69, 9.17) is 11.6 Å². The van der Waals surface area contributed by atoms with E-state index in [-0.39, 0.29) is 12.1 Å². The molecule has 0 aliphatic carbocycles. The van der Waals surface area contributed by atoms with Gasteiger partial charge in [-0.15, -0.1) is 22.9 Å². The third-order valence-electron chi connectivity index (χ3n) is 3.91. The average Bonchev–Trinajstić information content (AvgIpc) is 2.99. The Bertz CT molecular complexity index is 518. The second-order valence-electron chi connectivity index (χ2n) is 5.13. The van der Waals surface area contributed by atoms with Crippen molar-refractivity contribution in [3.05, 3.63) is 22.4 Å². The molecule has 114 valence electrons. The minimum atomic E-state index is -3.46. The molecule has 0 radical (unpaired) electrons. The summed E-state index contributed by atoms with van der Waals surface area (Å²) in [5.74, 6) is 0.362. The zero-order chi connectivity index (χ0) is 14.8. The zero-order valence-corrected chi connectivity index (χ0v) is 14.2. The van der Waals surface area contributed by atoms with E-state index in [1.165, 1.54) is 4.31 Å². The lowest BCUT2D eigenvalue weighted by molar-refractivity contribution is 0.244. The molecule has 0 spiro atoms. The molecule has 1 aliphatic rings. The van der Waals surface area contributed by atoms with Gasteiger partial charge in [0.1, 0.15) is 0 Å². The molecular weight excluding hydrogens is 316 g/mol. The Morgan fingerprint density at radius 2 is 2.30 bits per heavy atom. The van der Waals surface area contributed by atoms with E-state index in [1.54, 1.807) is 22.7 Å². The second kappa shape index (κ2) is 6.75. The monoisotopic (exact) mass is 336 g/mol. The highest BCUT2D eigenvalue weighted by Gasteiger charge is 2.36. The van der Waals surface area contributed by atoms with Crippen molar-refractivity contribution < 1.29 is 8.42 Å². The lowest BCUT2D eigenvalue weighted by atomic mass is 10.1. The minimum Gasteiger partial charge on any atom is -0.195 e. The molecule has 0 aromatic carbocycles. The molecule has 1 aliphatic heterocycles. The van der Waals surface area contributed by atoms with Crippen LogP contribution in [0.5, 0.6) is 0 Å². The summed E-state index contributed by atoms with van der Waals surface area (Å²) >= 11 is 7.52. The largest absolute Gasteiger partial charge is 0.282 e. The highest BCUT2D eigenvalue weighted by molar-refractivity contribution is 7.86. The molecular formula is C13H21ClN2O2S2. The number of alkyl halides is 1. The molecule has 7 heteroatoms. The van der Waals surface area contributed by atoms with Crippen LogP contribution in [-0.2, 0) is 10.2 Å². The normalized spacial score (nSPS) is 23.1. The Hall–Kier alpha value is -0.140. The van der Waals surface area contributed by atoms with Gasteiger partial charge >= 0.3 is 0 Å². The Morgan fingerprint density at radius 1 is 1.55 bits per heavy atom. The van der Waals surface area contributed by atoms with Gasteiger partial charge in [0.25, 0.3) is 10.2 Å². The van der Waals surface area contributed by atoms with E-state index in [0.29, 0.717) is 12.4 Å². The molecule has 2 rings (SSSR count). The molecule has 1 aromatic heterocycles. The summed E-state index contributed by atoms with van der Waals surface area (Å²) in [6.07, 6.45) is 2.81. The molecule has 1 aromatic rings. The number of hydrogen-bond donors (Lipinski definition) is 0. The maximum absolute atomic E-state index is 12.8. The molecule has 0 amide bonds. The SMILES string of the molecule is CC(c1cccs1)N(C)S(=O)(=O)N1CCCCC1CCl. The molecule has 20 heavy (non-hydrogen) atoms. The molecule has 2 unspecified atom stereocenters. The molecule has 1 saturated heterocycles. The Morgan fingerprint density at radius 3 is 2.90 bits per heavy atom. The van der Waals surface area contributed by atoms with Crippen molar-refractivity contribution in [1.82, 2.24) is 8.61 Å². The average molecular weight is 337 g/mol. The summed E-state index contributed by atoms with van der Waals surface area (Å²) in [5, 5.41) is 1.97. The van der Waals surface area contributed by atoms with E-state index in [0.717, 1.165) is 24.1 Å². The summed E-state index contributed by atoms with van der Waals surface area (Å²) in [7, 11) is -1.81. The Balaban J connectivity index is 2.20. The van der Waals surface area contributed by atoms with Gasteiger partial charge in [-0.25, -0.2) is 0 Å². The van der Waals surface area contributed by atoms with E-state index in [2.05, 4.69) is 0 Å². The number of rotatable bonds is 5. The highest BCUT2D eigenvalue weighted by Crippen LogP contribution is 2.30. The van der Waals surface area contributed by atoms with E-state index >= 15 is 0 Å². The molecule has 0 N–H and O–H groups in total. The van der Waals surface area contributed by atoms with Crippen molar-refractivity contribution in [3.8, 4) is 0 Å². The van der Waals surface area contributed by atoms with Gasteiger partial charge in [0.05, 0.1) is 6.04 Å². The topological polar surface area (TPSA) is 40.6 Å². The maximum atomic E-state index is 12.8. The fourth-order valence-electron chi connectivity index (χ4n) is 2.51. The predicted molar refractivity (Wildman–Crippen MR) is 84.5 cm³/mol. The van der Waals surface area contributed by atoms with Gasteiger partial charge in [0.15, 0.2) is 0 Å². The van der Waals surface area contributed by atoms with E-state index in [1.807, 2.05) is 24.4 Å². The van der Waals surface area contributed by atoms with E-state index in [9.17, 15) is 8.42 Å². The first-order valence-corrected chi connectivity index (χ1v) is 9.63. The van der Waals surface area contributed by atoms with Crippen molar-refractivity contribution in [2.24, 2.45) is 0 Å². The van der Waals surface area contributed by atoms with Crippen LogP contribution < -0.4 is 0 Å². The van der Waals surface area contributed by atoms with Gasteiger partial charge in [-0.2, -0.15) is 17.0 Å². The summed E-state index contributed by atoms with van der Waals surface area (Å²) in [4.78, 5) is 1.05. The quantitative estimate of drug-likeness (QED) is 0.775. The van der Waals surface area contributed by atoms with Crippen LogP contribution in [0.3, 0.4) is 0 Å². The molecule has 0 saturated carbocycles. The summed E-state index contributed by atoms with van der Waals surface area (Å²) in [6, 6.07) is 3.68. The Labute approximate surface area is 130 Å². The van der Waals surface area contributed by atoms with Gasteiger partial charge in [0.2, 0.25) is 0 Å². The Kier molecular flexibility index (Phi) is 5.48. The fourth-order valence-corrected chi connectivity index (χ4v) is 5.56. The number of hydrogen-bond acceptors (Lipinski definition) is 3. The van der Waals surface area contributed by atoms with Crippen molar-refractivity contribution in [2.75, 3.05) is 19.5 Å². The van der Waals surface area contributed by atoms with Crippen LogP contribution in [0, 0.1) is 0 Å². The molecule has 4 nitrogen and oxygen atoms in total. The van der Waals surface area contributed by atoms with Crippen molar-refractivity contribution in [3.63, 3.8) is 0 Å². The fraction of sp³-hybridized carbons (Fsp3) is 0.692. The van der Waals surface area contributed by atoms with E-state index < -0.39 is 10.2 Å². The molecule has 2 heterocycles. The van der Waals surface area contributed by atoms with Gasteiger partial charge in [0, 0.05) is 30.4 Å². The minimum absolute atomic E-state index is 0.0756. The first-order valence-electron chi connectivity index (χ1n) is 6.82.